The summed E-state index contributed by atoms with van der Waals surface area (Å²) in [7, 11) is -2.41. The predicted octanol–water partition coefficient (Wildman–Crippen LogP) is 3.53. The van der Waals surface area contributed by atoms with Gasteiger partial charge in [0.2, 0.25) is 15.9 Å². The standard InChI is InChI=1S/C23H24N2O4S/c1-17-8-10-19(11-9-17)24-23(26)22(16-18-6-4-3-5-7-18)25-30(27,28)21-14-12-20(29-2)13-15-21/h3-15,22,25H,16H2,1-2H3,(H,24,26). The third-order valence-corrected chi connectivity index (χ3v) is 6.07. The first-order valence-electron chi connectivity index (χ1n) is 9.45. The van der Waals surface area contributed by atoms with Crippen molar-refractivity contribution in [1.29, 1.82) is 0 Å². The molecule has 0 saturated carbocycles. The summed E-state index contributed by atoms with van der Waals surface area (Å²) < 4.78 is 33.4. The molecule has 0 aliphatic rings. The van der Waals surface area contributed by atoms with E-state index in [-0.39, 0.29) is 11.3 Å². The number of carbonyl (C=O) groups is 1. The molecule has 6 nitrogen and oxygen atoms in total. The largest absolute Gasteiger partial charge is 0.497 e. The van der Waals surface area contributed by atoms with Crippen molar-refractivity contribution in [1.82, 2.24) is 4.72 Å². The Hall–Kier alpha value is -3.16. The highest BCUT2D eigenvalue weighted by molar-refractivity contribution is 7.89. The summed E-state index contributed by atoms with van der Waals surface area (Å²) in [6.45, 7) is 1.95. The lowest BCUT2D eigenvalue weighted by molar-refractivity contribution is -0.117. The quantitative estimate of drug-likeness (QED) is 0.579. The van der Waals surface area contributed by atoms with Gasteiger partial charge in [-0.15, -0.1) is 0 Å². The summed E-state index contributed by atoms with van der Waals surface area (Å²) in [5.41, 5.74) is 2.51. The van der Waals surface area contributed by atoms with E-state index in [2.05, 4.69) is 10.0 Å². The average molecular weight is 425 g/mol. The van der Waals surface area contributed by atoms with Crippen molar-refractivity contribution in [2.75, 3.05) is 12.4 Å². The number of aryl methyl sites for hydroxylation is 1. The van der Waals surface area contributed by atoms with Crippen LogP contribution in [0.1, 0.15) is 11.1 Å². The molecule has 0 saturated heterocycles. The number of nitrogens with one attached hydrogen (secondary N) is 2. The first-order valence-corrected chi connectivity index (χ1v) is 10.9. The van der Waals surface area contributed by atoms with Crippen LogP contribution in [0.3, 0.4) is 0 Å². The molecule has 0 aliphatic carbocycles. The topological polar surface area (TPSA) is 84.5 Å². The molecule has 2 N–H and O–H groups in total. The molecule has 0 radical (unpaired) electrons. The smallest absolute Gasteiger partial charge is 0.242 e. The number of hydrogen-bond donors (Lipinski definition) is 2. The Morgan fingerprint density at radius 2 is 1.57 bits per heavy atom. The molecule has 7 heteroatoms. The lowest BCUT2D eigenvalue weighted by Crippen LogP contribution is -2.45. The zero-order chi connectivity index (χ0) is 21.6. The Labute approximate surface area is 177 Å². The van der Waals surface area contributed by atoms with Crippen LogP contribution in [0.15, 0.2) is 83.8 Å². The summed E-state index contributed by atoms with van der Waals surface area (Å²) >= 11 is 0. The molecule has 30 heavy (non-hydrogen) atoms. The van der Waals surface area contributed by atoms with E-state index in [1.807, 2.05) is 49.4 Å². The highest BCUT2D eigenvalue weighted by Gasteiger charge is 2.26. The third kappa shape index (κ3) is 5.68. The Morgan fingerprint density at radius 3 is 2.17 bits per heavy atom. The van der Waals surface area contributed by atoms with Crippen LogP contribution < -0.4 is 14.8 Å². The van der Waals surface area contributed by atoms with Crippen LogP contribution in [0, 0.1) is 6.92 Å². The van der Waals surface area contributed by atoms with Gasteiger partial charge in [0.15, 0.2) is 0 Å². The summed E-state index contributed by atoms with van der Waals surface area (Å²) in [6, 6.07) is 21.6. The van der Waals surface area contributed by atoms with Gasteiger partial charge in [-0.1, -0.05) is 48.0 Å². The fourth-order valence-corrected chi connectivity index (χ4v) is 4.11. The molecule has 3 aromatic carbocycles. The number of amides is 1. The minimum Gasteiger partial charge on any atom is -0.497 e. The zero-order valence-corrected chi connectivity index (χ0v) is 17.6. The molecule has 3 aromatic rings. The van der Waals surface area contributed by atoms with Crippen LogP contribution in [0.2, 0.25) is 0 Å². The molecular formula is C23H24N2O4S. The van der Waals surface area contributed by atoms with Gasteiger partial charge in [-0.25, -0.2) is 8.42 Å². The van der Waals surface area contributed by atoms with Gasteiger partial charge in [0.25, 0.3) is 0 Å². The van der Waals surface area contributed by atoms with Crippen molar-refractivity contribution in [2.45, 2.75) is 24.3 Å². The zero-order valence-electron chi connectivity index (χ0n) is 16.8. The second-order valence-electron chi connectivity index (χ2n) is 6.89. The summed E-state index contributed by atoms with van der Waals surface area (Å²) in [6.07, 6.45) is 0.216. The number of anilines is 1. The number of sulfonamides is 1. The number of hydrogen-bond acceptors (Lipinski definition) is 4. The van der Waals surface area contributed by atoms with Gasteiger partial charge in [0.1, 0.15) is 11.8 Å². The predicted molar refractivity (Wildman–Crippen MR) is 117 cm³/mol. The van der Waals surface area contributed by atoms with E-state index >= 15 is 0 Å². The van der Waals surface area contributed by atoms with Gasteiger partial charge >= 0.3 is 0 Å². The number of carbonyl (C=O) groups excluding carboxylic acids is 1. The molecule has 1 amide bonds. The van der Waals surface area contributed by atoms with E-state index < -0.39 is 22.0 Å². The molecule has 0 aromatic heterocycles. The molecular weight excluding hydrogens is 400 g/mol. The first-order chi connectivity index (χ1) is 14.4. The Kier molecular flexibility index (Phi) is 6.87. The summed E-state index contributed by atoms with van der Waals surface area (Å²) in [5.74, 6) is 0.117. The highest BCUT2D eigenvalue weighted by Crippen LogP contribution is 2.17. The molecule has 0 bridgehead atoms. The lowest BCUT2D eigenvalue weighted by Gasteiger charge is -2.19. The Bertz CT molecular complexity index is 1080. The van der Waals surface area contributed by atoms with Crippen LogP contribution in [0.4, 0.5) is 5.69 Å². The van der Waals surface area contributed by atoms with Gasteiger partial charge in [-0.3, -0.25) is 4.79 Å². The van der Waals surface area contributed by atoms with E-state index in [1.54, 1.807) is 24.3 Å². The Balaban J connectivity index is 1.84. The van der Waals surface area contributed by atoms with Crippen LogP contribution >= 0.6 is 0 Å². The van der Waals surface area contributed by atoms with E-state index in [1.165, 1.54) is 19.2 Å². The van der Waals surface area contributed by atoms with Crippen molar-refractivity contribution in [3.05, 3.63) is 90.0 Å². The molecule has 0 heterocycles. The van der Waals surface area contributed by atoms with Crippen molar-refractivity contribution in [2.24, 2.45) is 0 Å². The van der Waals surface area contributed by atoms with Gasteiger partial charge < -0.3 is 10.1 Å². The maximum atomic E-state index is 13.0. The first kappa shape index (κ1) is 21.5. The minimum atomic E-state index is -3.91. The number of methoxy groups -OCH3 is 1. The van der Waals surface area contributed by atoms with Crippen molar-refractivity contribution in [3.8, 4) is 5.75 Å². The maximum absolute atomic E-state index is 13.0. The second-order valence-corrected chi connectivity index (χ2v) is 8.61. The highest BCUT2D eigenvalue weighted by atomic mass is 32.2. The number of rotatable bonds is 8. The third-order valence-electron chi connectivity index (χ3n) is 4.59. The number of ether oxygens (including phenoxy) is 1. The summed E-state index contributed by atoms with van der Waals surface area (Å²) in [5, 5.41) is 2.80. The minimum absolute atomic E-state index is 0.0597. The average Bonchev–Trinajstić information content (AvgIpc) is 2.75. The molecule has 1 atom stereocenters. The molecule has 3 rings (SSSR count). The van der Waals surface area contributed by atoms with Crippen LogP contribution in [-0.2, 0) is 21.2 Å². The molecule has 0 fully saturated rings. The van der Waals surface area contributed by atoms with Crippen molar-refractivity contribution in [3.63, 3.8) is 0 Å². The van der Waals surface area contributed by atoms with Crippen molar-refractivity contribution < 1.29 is 17.9 Å². The van der Waals surface area contributed by atoms with E-state index in [9.17, 15) is 13.2 Å². The lowest BCUT2D eigenvalue weighted by atomic mass is 10.1. The van der Waals surface area contributed by atoms with E-state index in [0.29, 0.717) is 11.4 Å². The summed E-state index contributed by atoms with van der Waals surface area (Å²) in [4.78, 5) is 13.0. The SMILES string of the molecule is COc1ccc(S(=O)(=O)NC(Cc2ccccc2)C(=O)Nc2ccc(C)cc2)cc1. The van der Waals surface area contributed by atoms with Crippen LogP contribution in [0.5, 0.6) is 5.75 Å². The van der Waals surface area contributed by atoms with Gasteiger partial charge in [-0.05, 0) is 55.3 Å². The fourth-order valence-electron chi connectivity index (χ4n) is 2.91. The van der Waals surface area contributed by atoms with Crippen molar-refractivity contribution >= 4 is 21.6 Å². The normalized spacial score (nSPS) is 12.2. The maximum Gasteiger partial charge on any atom is 0.242 e. The van der Waals surface area contributed by atoms with Gasteiger partial charge in [0, 0.05) is 5.69 Å². The van der Waals surface area contributed by atoms with Crippen LogP contribution in [-0.4, -0.2) is 27.5 Å². The van der Waals surface area contributed by atoms with Gasteiger partial charge in [-0.2, -0.15) is 4.72 Å². The fraction of sp³-hybridized carbons (Fsp3) is 0.174. The molecule has 0 aliphatic heterocycles. The van der Waals surface area contributed by atoms with E-state index in [0.717, 1.165) is 11.1 Å². The monoisotopic (exact) mass is 424 g/mol. The second kappa shape index (κ2) is 9.56. The van der Waals surface area contributed by atoms with Crippen LogP contribution in [0.25, 0.3) is 0 Å². The van der Waals surface area contributed by atoms with E-state index in [4.69, 9.17) is 4.74 Å². The molecule has 156 valence electrons. The van der Waals surface area contributed by atoms with Gasteiger partial charge in [0.05, 0.1) is 12.0 Å². The Morgan fingerprint density at radius 1 is 0.933 bits per heavy atom. The number of benzene rings is 3. The molecule has 1 unspecified atom stereocenters. The molecule has 0 spiro atoms.